The summed E-state index contributed by atoms with van der Waals surface area (Å²) in [4.78, 5) is 2.44. The molecule has 242 valence electrons. The van der Waals surface area contributed by atoms with Crippen LogP contribution >= 0.6 is 0 Å². The van der Waals surface area contributed by atoms with Crippen molar-refractivity contribution >= 4 is 17.1 Å². The Morgan fingerprint density at radius 1 is 0.449 bits per heavy atom. The summed E-state index contributed by atoms with van der Waals surface area (Å²) in [7, 11) is 0. The van der Waals surface area contributed by atoms with Crippen molar-refractivity contribution in [3.63, 3.8) is 0 Å². The van der Waals surface area contributed by atoms with E-state index in [0.717, 1.165) is 0 Å². The van der Waals surface area contributed by atoms with Gasteiger partial charge >= 0.3 is 0 Å². The second-order valence-electron chi connectivity index (χ2n) is 15.6. The molecule has 0 bridgehead atoms. The summed E-state index contributed by atoms with van der Waals surface area (Å²) < 4.78 is 0. The molecule has 1 fully saturated rings. The highest BCUT2D eigenvalue weighted by Crippen LogP contribution is 2.57. The van der Waals surface area contributed by atoms with Gasteiger partial charge in [0, 0.05) is 27.9 Å². The second kappa shape index (κ2) is 11.3. The van der Waals surface area contributed by atoms with Crippen molar-refractivity contribution in [3.05, 3.63) is 161 Å². The topological polar surface area (TPSA) is 3.24 Å². The van der Waals surface area contributed by atoms with Gasteiger partial charge in [0.15, 0.2) is 0 Å². The Bertz CT molecular complexity index is 2200. The fourth-order valence-corrected chi connectivity index (χ4v) is 9.57. The van der Waals surface area contributed by atoms with Gasteiger partial charge in [0.05, 0.1) is 0 Å². The molecule has 0 saturated heterocycles. The number of nitrogens with zero attached hydrogens (tertiary/aromatic N) is 1. The van der Waals surface area contributed by atoms with Crippen molar-refractivity contribution in [2.24, 2.45) is 0 Å². The van der Waals surface area contributed by atoms with E-state index in [1.54, 1.807) is 0 Å². The van der Waals surface area contributed by atoms with Crippen LogP contribution in [0.25, 0.3) is 33.4 Å². The van der Waals surface area contributed by atoms with Gasteiger partial charge in [0.25, 0.3) is 0 Å². The molecule has 9 rings (SSSR count). The van der Waals surface area contributed by atoms with E-state index < -0.39 is 0 Å². The number of fused-ring (bicyclic) bond motifs is 6. The van der Waals surface area contributed by atoms with Gasteiger partial charge in [-0.05, 0) is 116 Å². The summed E-state index contributed by atoms with van der Waals surface area (Å²) in [5, 5.41) is 0. The number of hydrogen-bond acceptors (Lipinski definition) is 1. The molecule has 6 aromatic rings. The van der Waals surface area contributed by atoms with Crippen molar-refractivity contribution in [1.82, 2.24) is 0 Å². The molecule has 0 N–H and O–H groups in total. The maximum absolute atomic E-state index is 2.47. The molecule has 49 heavy (non-hydrogen) atoms. The second-order valence-corrected chi connectivity index (χ2v) is 15.6. The fraction of sp³-hybridized carbons (Fsp3) is 0.250. The van der Waals surface area contributed by atoms with E-state index in [1.807, 2.05) is 0 Å². The zero-order valence-corrected chi connectivity index (χ0v) is 29.3. The van der Waals surface area contributed by atoms with Gasteiger partial charge in [0.2, 0.25) is 0 Å². The lowest BCUT2D eigenvalue weighted by Gasteiger charge is -2.29. The van der Waals surface area contributed by atoms with Gasteiger partial charge in [-0.1, -0.05) is 144 Å². The molecule has 3 aliphatic rings. The normalized spacial score (nSPS) is 16.8. The lowest BCUT2D eigenvalue weighted by molar-refractivity contribution is 0.443. The van der Waals surface area contributed by atoms with E-state index in [9.17, 15) is 0 Å². The Hall–Kier alpha value is -4.88. The summed E-state index contributed by atoms with van der Waals surface area (Å²) in [5.74, 6) is 0.701. The minimum Gasteiger partial charge on any atom is -0.310 e. The molecule has 0 unspecified atom stereocenters. The van der Waals surface area contributed by atoms with Crippen LogP contribution in [0, 0.1) is 0 Å². The molecular formula is C48H45N. The van der Waals surface area contributed by atoms with Crippen LogP contribution in [0.2, 0.25) is 0 Å². The van der Waals surface area contributed by atoms with E-state index in [1.165, 1.54) is 110 Å². The average molecular weight is 636 g/mol. The van der Waals surface area contributed by atoms with Gasteiger partial charge in [0.1, 0.15) is 0 Å². The first-order valence-electron chi connectivity index (χ1n) is 18.3. The Morgan fingerprint density at radius 3 is 1.82 bits per heavy atom. The first-order valence-corrected chi connectivity index (χ1v) is 18.3. The highest BCUT2D eigenvalue weighted by molar-refractivity contribution is 5.97. The summed E-state index contributed by atoms with van der Waals surface area (Å²) in [5.41, 5.74) is 18.7. The summed E-state index contributed by atoms with van der Waals surface area (Å²) >= 11 is 0. The predicted molar refractivity (Wildman–Crippen MR) is 208 cm³/mol. The Kier molecular flexibility index (Phi) is 6.99. The van der Waals surface area contributed by atoms with E-state index in [4.69, 9.17) is 0 Å². The largest absolute Gasteiger partial charge is 0.310 e. The fourth-order valence-electron chi connectivity index (χ4n) is 9.57. The minimum absolute atomic E-state index is 0.0746. The number of hydrogen-bond donors (Lipinski definition) is 0. The average Bonchev–Trinajstić information content (AvgIpc) is 3.52. The smallest absolute Gasteiger partial charge is 0.0465 e. The van der Waals surface area contributed by atoms with E-state index in [0.29, 0.717) is 5.92 Å². The molecule has 1 heteroatoms. The van der Waals surface area contributed by atoms with Crippen LogP contribution in [-0.4, -0.2) is 0 Å². The number of para-hydroxylation sites is 1. The molecule has 0 aliphatic heterocycles. The van der Waals surface area contributed by atoms with Crippen LogP contribution < -0.4 is 4.90 Å². The SMILES string of the molecule is CC1(C)c2cc(N(c3ccccc3)c3ccc(C4CCCCC4)cc3)ccc2-c2c(-c3cccc4c3C(C)(C)c3ccccc3-4)cccc21. The highest BCUT2D eigenvalue weighted by atomic mass is 15.1. The van der Waals surface area contributed by atoms with Gasteiger partial charge in [-0.15, -0.1) is 0 Å². The first kappa shape index (κ1) is 30.2. The number of anilines is 3. The van der Waals surface area contributed by atoms with Crippen molar-refractivity contribution < 1.29 is 0 Å². The molecule has 1 nitrogen and oxygen atoms in total. The van der Waals surface area contributed by atoms with Crippen LogP contribution in [0.1, 0.15) is 93.5 Å². The molecule has 0 spiro atoms. The van der Waals surface area contributed by atoms with Gasteiger partial charge < -0.3 is 4.90 Å². The lowest BCUT2D eigenvalue weighted by Crippen LogP contribution is -2.17. The van der Waals surface area contributed by atoms with E-state index in [2.05, 4.69) is 166 Å². The summed E-state index contributed by atoms with van der Waals surface area (Å²) in [6.45, 7) is 9.61. The Labute approximate surface area is 292 Å². The van der Waals surface area contributed by atoms with Crippen molar-refractivity contribution in [2.45, 2.75) is 76.5 Å². The highest BCUT2D eigenvalue weighted by Gasteiger charge is 2.41. The quantitative estimate of drug-likeness (QED) is 0.182. The summed E-state index contributed by atoms with van der Waals surface area (Å²) in [6.07, 6.45) is 6.74. The molecule has 0 atom stereocenters. The number of benzene rings is 6. The standard InChI is InChI=1S/C48H45N/c1-47(2)43-24-14-20-38(40-22-13-21-39-37-19-11-12-23-42(37)48(3,4)46(39)40)45(43)41-30-29-36(31-44(41)47)49(34-17-9-6-10-18-34)35-27-25-33(26-28-35)32-15-7-5-8-16-32/h6,9-14,17-32H,5,7-8,15-16H2,1-4H3. The van der Waals surface area contributed by atoms with Crippen LogP contribution in [0.3, 0.4) is 0 Å². The third-order valence-electron chi connectivity index (χ3n) is 12.1. The van der Waals surface area contributed by atoms with Crippen molar-refractivity contribution in [1.29, 1.82) is 0 Å². The molecule has 1 saturated carbocycles. The maximum Gasteiger partial charge on any atom is 0.0465 e. The zero-order valence-electron chi connectivity index (χ0n) is 29.3. The van der Waals surface area contributed by atoms with Crippen LogP contribution in [0.4, 0.5) is 17.1 Å². The Morgan fingerprint density at radius 2 is 1.04 bits per heavy atom. The van der Waals surface area contributed by atoms with Gasteiger partial charge in [-0.25, -0.2) is 0 Å². The first-order chi connectivity index (χ1) is 23.8. The Balaban J connectivity index is 1.17. The summed E-state index contributed by atoms with van der Waals surface area (Å²) in [6, 6.07) is 50.5. The zero-order chi connectivity index (χ0) is 33.3. The van der Waals surface area contributed by atoms with Crippen LogP contribution in [-0.2, 0) is 10.8 Å². The molecule has 0 aromatic heterocycles. The molecule has 0 radical (unpaired) electrons. The van der Waals surface area contributed by atoms with Gasteiger partial charge in [-0.2, -0.15) is 0 Å². The molecule has 0 amide bonds. The third-order valence-corrected chi connectivity index (χ3v) is 12.1. The van der Waals surface area contributed by atoms with Crippen molar-refractivity contribution in [2.75, 3.05) is 4.90 Å². The molecule has 0 heterocycles. The number of rotatable bonds is 5. The minimum atomic E-state index is -0.139. The molecule has 6 aromatic carbocycles. The predicted octanol–water partition coefficient (Wildman–Crippen LogP) is 13.5. The van der Waals surface area contributed by atoms with Crippen LogP contribution in [0.5, 0.6) is 0 Å². The van der Waals surface area contributed by atoms with Crippen molar-refractivity contribution in [3.8, 4) is 33.4 Å². The molecular weight excluding hydrogens is 591 g/mol. The monoisotopic (exact) mass is 635 g/mol. The van der Waals surface area contributed by atoms with Crippen LogP contribution in [0.15, 0.2) is 133 Å². The molecule has 3 aliphatic carbocycles. The maximum atomic E-state index is 2.47. The van der Waals surface area contributed by atoms with E-state index >= 15 is 0 Å². The lowest BCUT2D eigenvalue weighted by atomic mass is 9.77. The third kappa shape index (κ3) is 4.66. The van der Waals surface area contributed by atoms with E-state index in [-0.39, 0.29) is 10.8 Å². The van der Waals surface area contributed by atoms with Gasteiger partial charge in [-0.3, -0.25) is 0 Å².